The van der Waals surface area contributed by atoms with Crippen molar-refractivity contribution in [2.24, 2.45) is 5.92 Å². The lowest BCUT2D eigenvalue weighted by molar-refractivity contribution is 0.293. The van der Waals surface area contributed by atoms with Gasteiger partial charge in [-0.15, -0.1) is 11.8 Å². The Morgan fingerprint density at radius 3 is 2.17 bits per heavy atom. The first-order valence-electron chi connectivity index (χ1n) is 9.77. The average Bonchev–Trinajstić information content (AvgIpc) is 2.58. The van der Waals surface area contributed by atoms with E-state index in [1.807, 2.05) is 11.8 Å². The normalized spacial score (nSPS) is 11.9. The maximum Gasteiger partial charge on any atom is 0.0166 e. The largest absolute Gasteiger partial charge is 0.300 e. The summed E-state index contributed by atoms with van der Waals surface area (Å²) in [6.45, 7) is 12.7. The van der Waals surface area contributed by atoms with Crippen molar-refractivity contribution >= 4 is 17.8 Å². The highest BCUT2D eigenvalue weighted by Gasteiger charge is 2.01. The third kappa shape index (κ3) is 10.2. The van der Waals surface area contributed by atoms with E-state index in [1.165, 1.54) is 61.4 Å². The van der Waals surface area contributed by atoms with E-state index in [4.69, 9.17) is 0 Å². The molecule has 0 heterocycles. The Hall–Kier alpha value is -0.730. The summed E-state index contributed by atoms with van der Waals surface area (Å²) in [6, 6.07) is 9.01. The fourth-order valence-corrected chi connectivity index (χ4v) is 3.64. The summed E-state index contributed by atoms with van der Waals surface area (Å²) >= 11 is 1.97. The number of benzene rings is 1. The predicted octanol–water partition coefficient (Wildman–Crippen LogP) is 6.74. The van der Waals surface area contributed by atoms with E-state index < -0.39 is 0 Å². The lowest BCUT2D eigenvalue weighted by Gasteiger charge is -2.19. The zero-order valence-electron chi connectivity index (χ0n) is 16.3. The van der Waals surface area contributed by atoms with Gasteiger partial charge in [-0.2, -0.15) is 0 Å². The molecule has 136 valence electrons. The van der Waals surface area contributed by atoms with Crippen LogP contribution in [-0.4, -0.2) is 30.3 Å². The Labute approximate surface area is 154 Å². The Morgan fingerprint density at radius 1 is 1.00 bits per heavy atom. The van der Waals surface area contributed by atoms with Crippen LogP contribution in [0.2, 0.25) is 0 Å². The molecule has 0 amide bonds. The van der Waals surface area contributed by atoms with Crippen LogP contribution in [0.4, 0.5) is 0 Å². The fraction of sp³-hybridized carbons (Fsp3) is 0.636. The molecule has 0 aromatic heterocycles. The van der Waals surface area contributed by atoms with Crippen LogP contribution in [0.1, 0.15) is 65.4 Å². The highest BCUT2D eigenvalue weighted by atomic mass is 32.2. The van der Waals surface area contributed by atoms with Gasteiger partial charge in [0.15, 0.2) is 0 Å². The quantitative estimate of drug-likeness (QED) is 0.363. The summed E-state index contributed by atoms with van der Waals surface area (Å²) in [4.78, 5) is 3.97. The van der Waals surface area contributed by atoms with E-state index in [0.717, 1.165) is 12.5 Å². The van der Waals surface area contributed by atoms with Crippen molar-refractivity contribution < 1.29 is 0 Å². The molecule has 1 nitrogen and oxygen atoms in total. The molecular weight excluding hydrogens is 310 g/mol. The van der Waals surface area contributed by atoms with Crippen LogP contribution in [0.3, 0.4) is 0 Å². The molecule has 0 unspecified atom stereocenters. The molecule has 0 aliphatic carbocycles. The summed E-state index contributed by atoms with van der Waals surface area (Å²) in [7, 11) is 0. The molecule has 1 aromatic carbocycles. The maximum atomic E-state index is 2.58. The van der Waals surface area contributed by atoms with E-state index in [2.05, 4.69) is 69.0 Å². The topological polar surface area (TPSA) is 3.24 Å². The third-order valence-corrected chi connectivity index (χ3v) is 5.22. The Balaban J connectivity index is 2.41. The lowest BCUT2D eigenvalue weighted by atomic mass is 10.2. The minimum Gasteiger partial charge on any atom is -0.300 e. The fourth-order valence-electron chi connectivity index (χ4n) is 2.48. The Kier molecular flexibility index (Phi) is 12.0. The summed E-state index contributed by atoms with van der Waals surface area (Å²) < 4.78 is 0. The van der Waals surface area contributed by atoms with E-state index in [9.17, 15) is 0 Å². The summed E-state index contributed by atoms with van der Waals surface area (Å²) in [5, 5.41) is 0. The predicted molar refractivity (Wildman–Crippen MR) is 112 cm³/mol. The van der Waals surface area contributed by atoms with Crippen molar-refractivity contribution in [2.45, 2.75) is 64.7 Å². The molecule has 0 spiro atoms. The number of nitrogens with zero attached hydrogens (tertiary/aromatic N) is 1. The van der Waals surface area contributed by atoms with Crippen LogP contribution in [0.5, 0.6) is 0 Å². The second-order valence-electron chi connectivity index (χ2n) is 7.01. The molecule has 24 heavy (non-hydrogen) atoms. The maximum absolute atomic E-state index is 2.58. The zero-order chi connectivity index (χ0) is 17.6. The van der Waals surface area contributed by atoms with Crippen molar-refractivity contribution in [3.8, 4) is 0 Å². The van der Waals surface area contributed by atoms with Gasteiger partial charge in [0.25, 0.3) is 0 Å². The second-order valence-corrected chi connectivity index (χ2v) is 8.18. The van der Waals surface area contributed by atoms with Gasteiger partial charge in [0.2, 0.25) is 0 Å². The molecular formula is C22H37NS. The van der Waals surface area contributed by atoms with Crippen LogP contribution >= 0.6 is 11.8 Å². The number of thioether (sulfide) groups is 1. The molecule has 0 aliphatic heterocycles. The average molecular weight is 348 g/mol. The standard InChI is InChI=1S/C22H37NS/c1-5-7-16-23(17-8-6-2)18-9-10-21-11-13-22(14-12-21)24-19-15-20(3)4/h9-14,20H,5-8,15-19H2,1-4H3. The zero-order valence-corrected chi connectivity index (χ0v) is 17.1. The van der Waals surface area contributed by atoms with Gasteiger partial charge in [0, 0.05) is 11.4 Å². The number of hydrogen-bond acceptors (Lipinski definition) is 2. The van der Waals surface area contributed by atoms with Crippen LogP contribution in [0, 0.1) is 5.92 Å². The minimum atomic E-state index is 0.795. The molecule has 1 rings (SSSR count). The molecule has 0 N–H and O–H groups in total. The lowest BCUT2D eigenvalue weighted by Crippen LogP contribution is -2.26. The Morgan fingerprint density at radius 2 is 1.62 bits per heavy atom. The first-order chi connectivity index (χ1) is 11.7. The van der Waals surface area contributed by atoms with Gasteiger partial charge in [0.05, 0.1) is 0 Å². The van der Waals surface area contributed by atoms with Crippen LogP contribution in [0.15, 0.2) is 35.2 Å². The first-order valence-corrected chi connectivity index (χ1v) is 10.8. The first kappa shape index (κ1) is 21.3. The molecule has 0 saturated carbocycles. The smallest absolute Gasteiger partial charge is 0.0166 e. The van der Waals surface area contributed by atoms with Crippen molar-refractivity contribution in [3.05, 3.63) is 35.9 Å². The summed E-state index contributed by atoms with van der Waals surface area (Å²) in [5.41, 5.74) is 1.31. The molecule has 0 aliphatic rings. The molecule has 0 saturated heterocycles. The van der Waals surface area contributed by atoms with E-state index in [0.29, 0.717) is 0 Å². The minimum absolute atomic E-state index is 0.795. The van der Waals surface area contributed by atoms with Crippen molar-refractivity contribution in [2.75, 3.05) is 25.4 Å². The second kappa shape index (κ2) is 13.5. The van der Waals surface area contributed by atoms with Gasteiger partial charge in [-0.25, -0.2) is 0 Å². The monoisotopic (exact) mass is 347 g/mol. The van der Waals surface area contributed by atoms with Crippen molar-refractivity contribution in [1.29, 1.82) is 0 Å². The van der Waals surface area contributed by atoms with Crippen molar-refractivity contribution in [3.63, 3.8) is 0 Å². The van der Waals surface area contributed by atoms with Crippen LogP contribution in [0.25, 0.3) is 6.08 Å². The summed E-state index contributed by atoms with van der Waals surface area (Å²) in [6.07, 6.45) is 11.1. The highest BCUT2D eigenvalue weighted by Crippen LogP contribution is 2.21. The number of hydrogen-bond donors (Lipinski definition) is 0. The molecule has 2 heteroatoms. The van der Waals surface area contributed by atoms with E-state index in [1.54, 1.807) is 0 Å². The van der Waals surface area contributed by atoms with Gasteiger partial charge >= 0.3 is 0 Å². The van der Waals surface area contributed by atoms with Gasteiger partial charge in [-0.05, 0) is 61.7 Å². The van der Waals surface area contributed by atoms with Crippen LogP contribution < -0.4 is 0 Å². The third-order valence-electron chi connectivity index (χ3n) is 4.17. The molecule has 0 bridgehead atoms. The number of unbranched alkanes of at least 4 members (excludes halogenated alkanes) is 2. The SMILES string of the molecule is CCCCN(CC=Cc1ccc(SCCC(C)C)cc1)CCCC. The van der Waals surface area contributed by atoms with Gasteiger partial charge < -0.3 is 0 Å². The summed E-state index contributed by atoms with van der Waals surface area (Å²) in [5.74, 6) is 2.01. The van der Waals surface area contributed by atoms with Gasteiger partial charge in [0.1, 0.15) is 0 Å². The van der Waals surface area contributed by atoms with Crippen LogP contribution in [-0.2, 0) is 0 Å². The molecule has 0 fully saturated rings. The van der Waals surface area contributed by atoms with Crippen molar-refractivity contribution in [1.82, 2.24) is 4.90 Å². The van der Waals surface area contributed by atoms with E-state index >= 15 is 0 Å². The van der Waals surface area contributed by atoms with Gasteiger partial charge in [-0.3, -0.25) is 4.90 Å². The molecule has 0 radical (unpaired) electrons. The van der Waals surface area contributed by atoms with E-state index in [-0.39, 0.29) is 0 Å². The number of rotatable bonds is 13. The molecule has 0 atom stereocenters. The highest BCUT2D eigenvalue weighted by molar-refractivity contribution is 7.99. The Bertz CT molecular complexity index is 428. The van der Waals surface area contributed by atoms with Gasteiger partial charge in [-0.1, -0.05) is 64.8 Å². The molecule has 1 aromatic rings.